The Morgan fingerprint density at radius 1 is 0.568 bits per heavy atom. The maximum absolute atomic E-state index is 15.1. The van der Waals surface area contributed by atoms with Gasteiger partial charge >= 0.3 is 210 Å². The molecule has 1 atom stereocenters. The van der Waals surface area contributed by atoms with Gasteiger partial charge in [-0.3, -0.25) is 0 Å². The number of benzene rings is 3. The first-order valence-electron chi connectivity index (χ1n) is 11.0. The van der Waals surface area contributed by atoms with Crippen LogP contribution in [0.15, 0.2) is 29.8 Å². The van der Waals surface area contributed by atoms with Gasteiger partial charge in [0.15, 0.2) is 0 Å². The molecule has 12 heteroatoms. The van der Waals surface area contributed by atoms with Crippen LogP contribution in [0, 0.1) is 58.2 Å². The number of halogens is 10. The molecule has 0 amide bonds. The summed E-state index contributed by atoms with van der Waals surface area (Å²) in [5.74, 6) is -25.9. The molecule has 0 radical (unpaired) electrons. The Bertz CT molecular complexity index is 1360. The second-order valence-electron chi connectivity index (χ2n) is 9.82. The van der Waals surface area contributed by atoms with E-state index in [1.165, 1.54) is 19.1 Å². The summed E-state index contributed by atoms with van der Waals surface area (Å²) in [5, 5.41) is 0. The molecule has 0 bridgehead atoms. The van der Waals surface area contributed by atoms with Crippen LogP contribution < -0.4 is 10.9 Å². The van der Waals surface area contributed by atoms with E-state index in [-0.39, 0.29) is 5.56 Å². The Morgan fingerprint density at radius 3 is 1.30 bits per heavy atom. The average Bonchev–Trinajstić information content (AvgIpc) is 3.14. The standard InChI is InChI=1S/C22H8BF10.3CH3.Sn/c1-7-6-8-4-2-3-5-9(8)10(7)23(11-13(24)17(28)21(32)18(29)14(11)25)12-15(26)19(30)22(33)20(31)16(12)27;;;;/h2-5,10H,1H3;3*1H3;. The van der Waals surface area contributed by atoms with Crippen molar-refractivity contribution < 1.29 is 43.9 Å². The van der Waals surface area contributed by atoms with Gasteiger partial charge in [-0.1, -0.05) is 0 Å². The minimum absolute atomic E-state index is 0.208. The second-order valence-corrected chi connectivity index (χ2v) is 24.1. The molecule has 0 spiro atoms. The molecule has 0 saturated heterocycles. The Labute approximate surface area is 210 Å². The maximum atomic E-state index is 15.1. The molecule has 0 heterocycles. The third kappa shape index (κ3) is 4.08. The van der Waals surface area contributed by atoms with Crippen LogP contribution >= 0.6 is 0 Å². The van der Waals surface area contributed by atoms with Gasteiger partial charge < -0.3 is 0 Å². The summed E-state index contributed by atoms with van der Waals surface area (Å²) >= 11 is -3.20. The summed E-state index contributed by atoms with van der Waals surface area (Å²) in [6, 6.07) is 6.16. The van der Waals surface area contributed by atoms with Crippen molar-refractivity contribution in [3.8, 4) is 0 Å². The summed E-state index contributed by atoms with van der Waals surface area (Å²) in [7, 11) is 0. The predicted octanol–water partition coefficient (Wildman–Crippen LogP) is 6.67. The molecule has 0 fully saturated rings. The first kappa shape index (κ1) is 27.6. The van der Waals surface area contributed by atoms with Crippen LogP contribution in [0.25, 0.3) is 3.59 Å². The van der Waals surface area contributed by atoms with Crippen molar-refractivity contribution in [2.45, 2.75) is 27.6 Å². The van der Waals surface area contributed by atoms with Crippen molar-refractivity contribution in [1.82, 2.24) is 0 Å². The summed E-state index contributed by atoms with van der Waals surface area (Å²) in [6.45, 7) is -1.02. The van der Waals surface area contributed by atoms with Gasteiger partial charge in [0.05, 0.1) is 0 Å². The Morgan fingerprint density at radius 2 is 0.919 bits per heavy atom. The SMILES string of the molecule is CC1=[C]([Sn]([CH3])([CH3])[CH3])c2ccccc2C1B(c1c(F)c(F)c(F)c(F)c1F)c1c(F)c(F)c(F)c(F)c1F. The molecule has 0 saturated carbocycles. The van der Waals surface area contributed by atoms with Crippen molar-refractivity contribution in [1.29, 1.82) is 0 Å². The van der Waals surface area contributed by atoms with Crippen LogP contribution in [0.2, 0.25) is 14.8 Å². The zero-order valence-electron chi connectivity index (χ0n) is 19.7. The van der Waals surface area contributed by atoms with Gasteiger partial charge in [0.2, 0.25) is 0 Å². The van der Waals surface area contributed by atoms with E-state index in [9.17, 15) is 26.3 Å². The van der Waals surface area contributed by atoms with E-state index in [0.717, 1.165) is 3.59 Å². The molecule has 0 nitrogen and oxygen atoms in total. The minimum atomic E-state index is -3.20. The quantitative estimate of drug-likeness (QED) is 0.130. The van der Waals surface area contributed by atoms with Gasteiger partial charge in [0, 0.05) is 0 Å². The van der Waals surface area contributed by atoms with Gasteiger partial charge in [-0.25, -0.2) is 0 Å². The zero-order chi connectivity index (χ0) is 27.7. The van der Waals surface area contributed by atoms with E-state index in [4.69, 9.17) is 0 Å². The summed E-state index contributed by atoms with van der Waals surface area (Å²) < 4.78 is 146. The second kappa shape index (κ2) is 9.39. The first-order chi connectivity index (χ1) is 17.1. The number of hydrogen-bond donors (Lipinski definition) is 0. The fraction of sp³-hybridized carbons (Fsp3) is 0.200. The molecule has 3 aromatic carbocycles. The van der Waals surface area contributed by atoms with Crippen LogP contribution in [0.4, 0.5) is 43.9 Å². The van der Waals surface area contributed by atoms with Crippen LogP contribution in [0.1, 0.15) is 23.9 Å². The average molecular weight is 637 g/mol. The molecular weight excluding hydrogens is 620 g/mol. The van der Waals surface area contributed by atoms with Crippen molar-refractivity contribution in [3.63, 3.8) is 0 Å². The number of hydrogen-bond acceptors (Lipinski definition) is 0. The number of rotatable bonds is 4. The van der Waals surface area contributed by atoms with E-state index >= 15 is 17.6 Å². The molecule has 37 heavy (non-hydrogen) atoms. The number of allylic oxidation sites excluding steroid dienone is 1. The van der Waals surface area contributed by atoms with Crippen LogP contribution in [0.3, 0.4) is 0 Å². The van der Waals surface area contributed by atoms with Gasteiger partial charge in [-0.2, -0.15) is 0 Å². The third-order valence-electron chi connectivity index (χ3n) is 6.62. The van der Waals surface area contributed by atoms with E-state index in [1.807, 2.05) is 14.8 Å². The van der Waals surface area contributed by atoms with Gasteiger partial charge in [-0.05, 0) is 0 Å². The van der Waals surface area contributed by atoms with E-state index < -0.39 is 100 Å². The molecule has 0 aliphatic heterocycles. The topological polar surface area (TPSA) is 0 Å². The van der Waals surface area contributed by atoms with Gasteiger partial charge in [-0.15, -0.1) is 0 Å². The van der Waals surface area contributed by atoms with Gasteiger partial charge in [0.1, 0.15) is 0 Å². The van der Waals surface area contributed by atoms with Crippen LogP contribution in [0.5, 0.6) is 0 Å². The van der Waals surface area contributed by atoms with Gasteiger partial charge in [0.25, 0.3) is 0 Å². The molecule has 4 rings (SSSR count). The monoisotopic (exact) mass is 638 g/mol. The fourth-order valence-electron chi connectivity index (χ4n) is 5.29. The van der Waals surface area contributed by atoms with E-state index in [1.54, 1.807) is 12.1 Å². The van der Waals surface area contributed by atoms with Crippen molar-refractivity contribution in [3.05, 3.63) is 99.1 Å². The molecule has 1 aliphatic rings. The van der Waals surface area contributed by atoms with Crippen LogP contribution in [-0.4, -0.2) is 25.1 Å². The summed E-state index contributed by atoms with van der Waals surface area (Å²) in [4.78, 5) is 5.87. The Kier molecular flexibility index (Phi) is 7.00. The first-order valence-corrected chi connectivity index (χ1v) is 20.9. The molecule has 1 aliphatic carbocycles. The van der Waals surface area contributed by atoms with E-state index in [2.05, 4.69) is 0 Å². The fourth-order valence-corrected chi connectivity index (χ4v) is 12.1. The summed E-state index contributed by atoms with van der Waals surface area (Å²) in [5.41, 5.74) is -2.35. The third-order valence-corrected chi connectivity index (χ3v) is 12.8. The molecule has 3 aromatic rings. The molecule has 1 unspecified atom stereocenters. The van der Waals surface area contributed by atoms with Crippen molar-refractivity contribution in [2.75, 3.05) is 0 Å². The Balaban J connectivity index is 2.23. The molecule has 194 valence electrons. The van der Waals surface area contributed by atoms with E-state index in [0.29, 0.717) is 11.1 Å². The normalized spacial score (nSPS) is 15.5. The predicted molar refractivity (Wildman–Crippen MR) is 123 cm³/mol. The molecule has 0 aromatic heterocycles. The molecular formula is C25H17BF10Sn. The Hall–Kier alpha value is -2.44. The zero-order valence-corrected chi connectivity index (χ0v) is 22.6. The molecule has 0 N–H and O–H groups in total. The summed E-state index contributed by atoms with van der Waals surface area (Å²) in [6.07, 6.45) is 0. The van der Waals surface area contributed by atoms with Crippen LogP contribution in [-0.2, 0) is 0 Å². The van der Waals surface area contributed by atoms with Crippen molar-refractivity contribution >= 4 is 39.6 Å². The number of fused-ring (bicyclic) bond motifs is 1. The van der Waals surface area contributed by atoms with Crippen molar-refractivity contribution in [2.24, 2.45) is 0 Å².